The van der Waals surface area contributed by atoms with Crippen LogP contribution in [-0.4, -0.2) is 22.5 Å². The average Bonchev–Trinajstić information content (AvgIpc) is 2.91. The van der Waals surface area contributed by atoms with Gasteiger partial charge in [0.25, 0.3) is 0 Å². The van der Waals surface area contributed by atoms with E-state index in [9.17, 15) is 0 Å². The van der Waals surface area contributed by atoms with Crippen LogP contribution in [-0.2, 0) is 11.8 Å². The smallest absolute Gasteiger partial charge is 0.0709 e. The summed E-state index contributed by atoms with van der Waals surface area (Å²) >= 11 is 3.53. The molecule has 1 aromatic rings. The Kier molecular flexibility index (Phi) is 4.19. The van der Waals surface area contributed by atoms with Crippen molar-refractivity contribution in [2.24, 2.45) is 18.8 Å². The fraction of sp³-hybridized carbons (Fsp3) is 0.727. The van der Waals surface area contributed by atoms with Crippen LogP contribution in [0, 0.1) is 5.92 Å². The fourth-order valence-electron chi connectivity index (χ4n) is 2.64. The Balaban J connectivity index is 2.27. The minimum absolute atomic E-state index is 0.0734. The summed E-state index contributed by atoms with van der Waals surface area (Å²) in [5.41, 5.74) is 4.01. The zero-order valence-electron chi connectivity index (χ0n) is 10.2. The number of nitrogens with one attached hydrogen (secondary N) is 1. The Morgan fingerprint density at radius 3 is 3.06 bits per heavy atom. The number of aryl methyl sites for hydroxylation is 1. The highest BCUT2D eigenvalue weighted by Crippen LogP contribution is 2.36. The van der Waals surface area contributed by atoms with Crippen LogP contribution in [0.15, 0.2) is 10.7 Å². The summed E-state index contributed by atoms with van der Waals surface area (Å²) in [7, 11) is 1.93. The zero-order valence-corrected chi connectivity index (χ0v) is 11.8. The first kappa shape index (κ1) is 13.0. The van der Waals surface area contributed by atoms with Gasteiger partial charge in [-0.15, -0.1) is 0 Å². The first-order valence-electron chi connectivity index (χ1n) is 5.94. The van der Waals surface area contributed by atoms with Gasteiger partial charge in [0, 0.05) is 19.6 Å². The molecule has 3 unspecified atom stereocenters. The van der Waals surface area contributed by atoms with Crippen LogP contribution in [0.4, 0.5) is 0 Å². The standard InChI is InChI=1S/C11H19BrN4O/c1-3-9-7(4-5-17-9)10(15-13)11-8(12)6-14-16(11)2/h6-7,9-10,15H,3-5,13H2,1-2H3. The minimum Gasteiger partial charge on any atom is -0.378 e. The summed E-state index contributed by atoms with van der Waals surface area (Å²) in [6.45, 7) is 2.96. The van der Waals surface area contributed by atoms with E-state index in [4.69, 9.17) is 10.6 Å². The highest BCUT2D eigenvalue weighted by Gasteiger charge is 2.36. The number of nitrogens with zero attached hydrogens (tertiary/aromatic N) is 2. The molecule has 0 aliphatic carbocycles. The van der Waals surface area contributed by atoms with Gasteiger partial charge in [-0.2, -0.15) is 5.10 Å². The van der Waals surface area contributed by atoms with Crippen LogP contribution in [0.2, 0.25) is 0 Å². The summed E-state index contributed by atoms with van der Waals surface area (Å²) in [6.07, 6.45) is 4.12. The first-order valence-corrected chi connectivity index (χ1v) is 6.73. The van der Waals surface area contributed by atoms with E-state index in [-0.39, 0.29) is 12.1 Å². The number of hydrogen-bond donors (Lipinski definition) is 2. The van der Waals surface area contributed by atoms with Crippen molar-refractivity contribution in [1.29, 1.82) is 0 Å². The Bertz CT molecular complexity index is 362. The van der Waals surface area contributed by atoms with Gasteiger partial charge >= 0.3 is 0 Å². The maximum Gasteiger partial charge on any atom is 0.0709 e. The zero-order chi connectivity index (χ0) is 12.4. The van der Waals surface area contributed by atoms with Gasteiger partial charge in [-0.25, -0.2) is 0 Å². The van der Waals surface area contributed by atoms with E-state index in [1.165, 1.54) is 0 Å². The number of nitrogens with two attached hydrogens (primary N) is 1. The molecule has 6 heteroatoms. The van der Waals surface area contributed by atoms with Crippen molar-refractivity contribution >= 4 is 15.9 Å². The third kappa shape index (κ3) is 2.40. The molecule has 1 saturated heterocycles. The van der Waals surface area contributed by atoms with Crippen molar-refractivity contribution in [1.82, 2.24) is 15.2 Å². The minimum atomic E-state index is 0.0734. The van der Waals surface area contributed by atoms with Crippen LogP contribution in [0.25, 0.3) is 0 Å². The lowest BCUT2D eigenvalue weighted by atomic mass is 9.89. The lowest BCUT2D eigenvalue weighted by Gasteiger charge is -2.27. The van der Waals surface area contributed by atoms with E-state index < -0.39 is 0 Å². The molecule has 2 rings (SSSR count). The molecule has 1 aromatic heterocycles. The van der Waals surface area contributed by atoms with Gasteiger partial charge in [0.05, 0.1) is 28.5 Å². The molecule has 0 spiro atoms. The normalized spacial score (nSPS) is 26.4. The summed E-state index contributed by atoms with van der Waals surface area (Å²) in [5, 5.41) is 4.24. The van der Waals surface area contributed by atoms with Crippen LogP contribution < -0.4 is 11.3 Å². The van der Waals surface area contributed by atoms with Gasteiger partial charge in [-0.05, 0) is 28.8 Å². The van der Waals surface area contributed by atoms with Crippen molar-refractivity contribution in [3.8, 4) is 0 Å². The van der Waals surface area contributed by atoms with E-state index in [1.807, 2.05) is 11.7 Å². The molecule has 0 aromatic carbocycles. The van der Waals surface area contributed by atoms with E-state index >= 15 is 0 Å². The van der Waals surface area contributed by atoms with Crippen LogP contribution in [0.5, 0.6) is 0 Å². The third-order valence-electron chi connectivity index (χ3n) is 3.50. The predicted octanol–water partition coefficient (Wildman–Crippen LogP) is 1.50. The Morgan fingerprint density at radius 2 is 2.53 bits per heavy atom. The highest BCUT2D eigenvalue weighted by molar-refractivity contribution is 9.10. The molecule has 3 atom stereocenters. The molecule has 1 aliphatic rings. The Hall–Kier alpha value is -0.430. The lowest BCUT2D eigenvalue weighted by molar-refractivity contribution is 0.0764. The van der Waals surface area contributed by atoms with Crippen molar-refractivity contribution in [3.63, 3.8) is 0 Å². The molecule has 0 radical (unpaired) electrons. The van der Waals surface area contributed by atoms with Crippen molar-refractivity contribution in [2.45, 2.75) is 31.9 Å². The molecule has 1 fully saturated rings. The largest absolute Gasteiger partial charge is 0.378 e. The second kappa shape index (κ2) is 5.48. The second-order valence-electron chi connectivity index (χ2n) is 4.42. The van der Waals surface area contributed by atoms with E-state index in [1.54, 1.807) is 6.20 Å². The third-order valence-corrected chi connectivity index (χ3v) is 4.11. The molecular formula is C11H19BrN4O. The monoisotopic (exact) mass is 302 g/mol. The van der Waals surface area contributed by atoms with Gasteiger partial charge in [-0.3, -0.25) is 16.0 Å². The van der Waals surface area contributed by atoms with Gasteiger partial charge in [0.15, 0.2) is 0 Å². The Labute approximate surface area is 110 Å². The van der Waals surface area contributed by atoms with Crippen LogP contribution in [0.1, 0.15) is 31.5 Å². The van der Waals surface area contributed by atoms with E-state index in [0.29, 0.717) is 5.92 Å². The second-order valence-corrected chi connectivity index (χ2v) is 5.27. The van der Waals surface area contributed by atoms with Gasteiger partial charge in [-0.1, -0.05) is 6.92 Å². The molecule has 0 saturated carbocycles. The quantitative estimate of drug-likeness (QED) is 0.653. The van der Waals surface area contributed by atoms with Crippen molar-refractivity contribution < 1.29 is 4.74 Å². The lowest BCUT2D eigenvalue weighted by Crippen LogP contribution is -2.38. The maximum atomic E-state index is 5.73. The number of rotatable bonds is 4. The number of ether oxygens (including phenoxy) is 1. The van der Waals surface area contributed by atoms with Crippen molar-refractivity contribution in [3.05, 3.63) is 16.4 Å². The summed E-state index contributed by atoms with van der Waals surface area (Å²) < 4.78 is 8.59. The number of aromatic nitrogens is 2. The number of hydrazine groups is 1. The molecule has 3 N–H and O–H groups in total. The summed E-state index contributed by atoms with van der Waals surface area (Å²) in [6, 6.07) is 0.0734. The molecule has 1 aliphatic heterocycles. The number of halogens is 1. The Morgan fingerprint density at radius 1 is 1.76 bits per heavy atom. The predicted molar refractivity (Wildman–Crippen MR) is 69.1 cm³/mol. The fourth-order valence-corrected chi connectivity index (χ4v) is 3.24. The molecule has 2 heterocycles. The molecule has 0 amide bonds. The molecule has 17 heavy (non-hydrogen) atoms. The van der Waals surface area contributed by atoms with Gasteiger partial charge in [0.1, 0.15) is 0 Å². The average molecular weight is 303 g/mol. The van der Waals surface area contributed by atoms with Crippen LogP contribution >= 0.6 is 15.9 Å². The van der Waals surface area contributed by atoms with E-state index in [2.05, 4.69) is 33.4 Å². The number of hydrogen-bond acceptors (Lipinski definition) is 4. The molecule has 0 bridgehead atoms. The summed E-state index contributed by atoms with van der Waals surface area (Å²) in [5.74, 6) is 6.13. The van der Waals surface area contributed by atoms with Gasteiger partial charge in [0.2, 0.25) is 0 Å². The van der Waals surface area contributed by atoms with E-state index in [0.717, 1.165) is 29.6 Å². The maximum absolute atomic E-state index is 5.73. The van der Waals surface area contributed by atoms with Crippen molar-refractivity contribution in [2.75, 3.05) is 6.61 Å². The topological polar surface area (TPSA) is 65.1 Å². The molecule has 96 valence electrons. The summed E-state index contributed by atoms with van der Waals surface area (Å²) in [4.78, 5) is 0. The molecular weight excluding hydrogens is 284 g/mol. The first-order chi connectivity index (χ1) is 8.19. The highest BCUT2D eigenvalue weighted by atomic mass is 79.9. The molecule has 5 nitrogen and oxygen atoms in total. The van der Waals surface area contributed by atoms with Gasteiger partial charge < -0.3 is 4.74 Å². The SMILES string of the molecule is CCC1OCCC1C(NN)c1c(Br)cnn1C. The van der Waals surface area contributed by atoms with Crippen LogP contribution in [0.3, 0.4) is 0 Å².